The molecule has 1 fully saturated rings. The second kappa shape index (κ2) is 7.91. The van der Waals surface area contributed by atoms with E-state index in [0.29, 0.717) is 17.8 Å². The van der Waals surface area contributed by atoms with E-state index >= 15 is 0 Å². The zero-order valence-electron chi connectivity index (χ0n) is 16.2. The number of thiophene rings is 1. The minimum atomic E-state index is -3.08. The summed E-state index contributed by atoms with van der Waals surface area (Å²) in [5.41, 5.74) is 3.58. The molecule has 0 bridgehead atoms. The number of hydrogen-bond acceptors (Lipinski definition) is 6. The van der Waals surface area contributed by atoms with Crippen molar-refractivity contribution in [1.29, 1.82) is 0 Å². The third-order valence-electron chi connectivity index (χ3n) is 5.57. The van der Waals surface area contributed by atoms with E-state index in [9.17, 15) is 18.0 Å². The van der Waals surface area contributed by atoms with Crippen LogP contribution in [0.15, 0.2) is 30.3 Å². The number of esters is 1. The maximum absolute atomic E-state index is 12.5. The Kier molecular flexibility index (Phi) is 5.48. The van der Waals surface area contributed by atoms with Crippen molar-refractivity contribution < 1.29 is 22.7 Å². The van der Waals surface area contributed by atoms with Crippen molar-refractivity contribution in [3.05, 3.63) is 46.3 Å². The van der Waals surface area contributed by atoms with Crippen LogP contribution in [0.2, 0.25) is 0 Å². The molecule has 2 heterocycles. The molecule has 154 valence electrons. The van der Waals surface area contributed by atoms with Gasteiger partial charge in [0.05, 0.1) is 11.5 Å². The lowest BCUT2D eigenvalue weighted by Crippen LogP contribution is -2.43. The second-order valence-corrected chi connectivity index (χ2v) is 10.7. The summed E-state index contributed by atoms with van der Waals surface area (Å²) in [7, 11) is -3.08. The van der Waals surface area contributed by atoms with E-state index in [1.807, 2.05) is 18.2 Å². The number of fused-ring (bicyclic) bond motifs is 3. The van der Waals surface area contributed by atoms with Crippen LogP contribution in [0.1, 0.15) is 34.1 Å². The number of carbonyl (C=O) groups excluding carboxylic acids is 2. The van der Waals surface area contributed by atoms with Crippen molar-refractivity contribution in [3.8, 4) is 10.4 Å². The molecule has 1 aromatic carbocycles. The fourth-order valence-corrected chi connectivity index (χ4v) is 7.01. The highest BCUT2D eigenvalue weighted by atomic mass is 32.2. The Hall–Kier alpha value is -2.19. The van der Waals surface area contributed by atoms with Crippen LogP contribution >= 0.6 is 11.3 Å². The summed E-state index contributed by atoms with van der Waals surface area (Å²) in [4.78, 5) is 28.2. The predicted molar refractivity (Wildman–Crippen MR) is 112 cm³/mol. The van der Waals surface area contributed by atoms with Crippen molar-refractivity contribution in [2.24, 2.45) is 0 Å². The summed E-state index contributed by atoms with van der Waals surface area (Å²) in [6.07, 6.45) is 2.27. The number of rotatable bonds is 5. The first-order valence-electron chi connectivity index (χ1n) is 9.76. The molecule has 0 saturated carbocycles. The number of nitrogens with zero attached hydrogens (tertiary/aromatic N) is 1. The van der Waals surface area contributed by atoms with Crippen molar-refractivity contribution in [3.63, 3.8) is 0 Å². The van der Waals surface area contributed by atoms with Crippen LogP contribution in [0.3, 0.4) is 0 Å². The molecule has 0 N–H and O–H groups in total. The molecule has 1 aliphatic heterocycles. The summed E-state index contributed by atoms with van der Waals surface area (Å²) in [5.74, 6) is -0.777. The lowest BCUT2D eigenvalue weighted by atomic mass is 9.91. The average molecular weight is 434 g/mol. The van der Waals surface area contributed by atoms with E-state index in [-0.39, 0.29) is 30.1 Å². The highest BCUT2D eigenvalue weighted by Gasteiger charge is 2.34. The van der Waals surface area contributed by atoms with E-state index in [2.05, 4.69) is 12.1 Å². The number of aryl methyl sites for hydroxylation is 2. The van der Waals surface area contributed by atoms with E-state index in [1.165, 1.54) is 21.8 Å². The van der Waals surface area contributed by atoms with Crippen molar-refractivity contribution in [1.82, 2.24) is 4.90 Å². The minimum Gasteiger partial charge on any atom is -0.451 e. The van der Waals surface area contributed by atoms with Gasteiger partial charge in [-0.05, 0) is 48.9 Å². The Morgan fingerprint density at radius 3 is 2.69 bits per heavy atom. The Labute approximate surface area is 174 Å². The fourth-order valence-electron chi connectivity index (χ4n) is 4.11. The molecule has 2 aliphatic rings. The van der Waals surface area contributed by atoms with Gasteiger partial charge in [-0.15, -0.1) is 11.3 Å². The molecule has 1 atom stereocenters. The molecule has 1 amide bonds. The average Bonchev–Trinajstić information content (AvgIpc) is 3.30. The van der Waals surface area contributed by atoms with Gasteiger partial charge in [0.25, 0.3) is 5.91 Å². The van der Waals surface area contributed by atoms with Gasteiger partial charge in [-0.1, -0.05) is 24.3 Å². The van der Waals surface area contributed by atoms with Gasteiger partial charge in [0.2, 0.25) is 0 Å². The minimum absolute atomic E-state index is 0.0163. The van der Waals surface area contributed by atoms with Gasteiger partial charge in [0, 0.05) is 17.5 Å². The quantitative estimate of drug-likeness (QED) is 0.678. The summed E-state index contributed by atoms with van der Waals surface area (Å²) in [5, 5.41) is 0. The Balaban J connectivity index is 1.42. The summed E-state index contributed by atoms with van der Waals surface area (Å²) < 4.78 is 28.7. The van der Waals surface area contributed by atoms with Crippen LogP contribution in [0, 0.1) is 0 Å². The van der Waals surface area contributed by atoms with Crippen LogP contribution in [0.25, 0.3) is 10.4 Å². The first-order chi connectivity index (χ1) is 13.9. The van der Waals surface area contributed by atoms with E-state index in [4.69, 9.17) is 4.74 Å². The number of ether oxygens (including phenoxy) is 1. The summed E-state index contributed by atoms with van der Waals surface area (Å²) in [6.45, 7) is 1.82. The smallest absolute Gasteiger partial charge is 0.348 e. The van der Waals surface area contributed by atoms with Crippen molar-refractivity contribution >= 4 is 33.1 Å². The van der Waals surface area contributed by atoms with E-state index in [0.717, 1.165) is 28.8 Å². The number of benzene rings is 1. The van der Waals surface area contributed by atoms with Crippen LogP contribution in [0.4, 0.5) is 0 Å². The molecule has 1 unspecified atom stereocenters. The lowest BCUT2D eigenvalue weighted by molar-refractivity contribution is -0.136. The third kappa shape index (κ3) is 4.09. The first-order valence-corrected chi connectivity index (χ1v) is 12.4. The maximum atomic E-state index is 12.5. The van der Waals surface area contributed by atoms with Gasteiger partial charge in [-0.25, -0.2) is 13.2 Å². The van der Waals surface area contributed by atoms with Crippen LogP contribution in [-0.2, 0) is 32.2 Å². The van der Waals surface area contributed by atoms with Crippen LogP contribution in [0.5, 0.6) is 0 Å². The Bertz CT molecular complexity index is 1060. The standard InChI is InChI=1S/C21H23NO5S2/c1-2-22(16-9-10-29(25,26)13-16)19(23)12-27-21(24)18-11-15-8-7-14-5-3-4-6-17(14)20(15)28-18/h3-6,11,16H,2,7-10,12-13H2,1H3. The Morgan fingerprint density at radius 1 is 1.21 bits per heavy atom. The summed E-state index contributed by atoms with van der Waals surface area (Å²) in [6, 6.07) is 9.72. The SMILES string of the molecule is CCN(C(=O)COC(=O)c1cc2c(s1)-c1ccccc1CC2)C1CCS(=O)(=O)C1. The fraction of sp³-hybridized carbons (Fsp3) is 0.429. The zero-order valence-corrected chi connectivity index (χ0v) is 17.9. The second-order valence-electron chi connectivity index (χ2n) is 7.43. The molecular weight excluding hydrogens is 410 g/mol. The number of hydrogen-bond donors (Lipinski definition) is 0. The number of carbonyl (C=O) groups is 2. The topological polar surface area (TPSA) is 80.8 Å². The van der Waals surface area contributed by atoms with E-state index in [1.54, 1.807) is 6.92 Å². The van der Waals surface area contributed by atoms with Gasteiger partial charge in [0.1, 0.15) is 4.88 Å². The predicted octanol–water partition coefficient (Wildman–Crippen LogP) is 2.71. The van der Waals surface area contributed by atoms with Crippen LogP contribution < -0.4 is 0 Å². The highest BCUT2D eigenvalue weighted by molar-refractivity contribution is 7.91. The normalized spacial score (nSPS) is 19.3. The molecule has 1 saturated heterocycles. The van der Waals surface area contributed by atoms with Crippen molar-refractivity contribution in [2.75, 3.05) is 24.7 Å². The van der Waals surface area contributed by atoms with Gasteiger partial charge < -0.3 is 9.64 Å². The van der Waals surface area contributed by atoms with Crippen molar-refractivity contribution in [2.45, 2.75) is 32.2 Å². The monoisotopic (exact) mass is 433 g/mol. The van der Waals surface area contributed by atoms with Gasteiger partial charge >= 0.3 is 5.97 Å². The molecule has 0 radical (unpaired) electrons. The molecule has 4 rings (SSSR count). The maximum Gasteiger partial charge on any atom is 0.348 e. The molecule has 1 aromatic heterocycles. The third-order valence-corrected chi connectivity index (χ3v) is 8.51. The number of amides is 1. The Morgan fingerprint density at radius 2 is 1.97 bits per heavy atom. The van der Waals surface area contributed by atoms with Gasteiger partial charge in [-0.3, -0.25) is 4.79 Å². The number of sulfone groups is 1. The van der Waals surface area contributed by atoms with Crippen LogP contribution in [-0.4, -0.2) is 55.9 Å². The zero-order chi connectivity index (χ0) is 20.6. The molecule has 6 nitrogen and oxygen atoms in total. The van der Waals surface area contributed by atoms with Gasteiger partial charge in [-0.2, -0.15) is 0 Å². The lowest BCUT2D eigenvalue weighted by Gasteiger charge is -2.26. The molecular formula is C21H23NO5S2. The van der Waals surface area contributed by atoms with E-state index < -0.39 is 15.8 Å². The molecule has 8 heteroatoms. The molecule has 0 spiro atoms. The largest absolute Gasteiger partial charge is 0.451 e. The highest BCUT2D eigenvalue weighted by Crippen LogP contribution is 2.39. The molecule has 2 aromatic rings. The summed E-state index contributed by atoms with van der Waals surface area (Å²) >= 11 is 1.40. The first kappa shape index (κ1) is 20.1. The molecule has 29 heavy (non-hydrogen) atoms. The number of likely N-dealkylation sites (N-methyl/N-ethyl adjacent to an activating group) is 1. The molecule has 1 aliphatic carbocycles. The van der Waals surface area contributed by atoms with Gasteiger partial charge in [0.15, 0.2) is 16.4 Å².